The highest BCUT2D eigenvalue weighted by Gasteiger charge is 2.15. The summed E-state index contributed by atoms with van der Waals surface area (Å²) in [5.41, 5.74) is 6.29. The lowest BCUT2D eigenvalue weighted by molar-refractivity contribution is 0.102. The molecule has 19 heavy (non-hydrogen) atoms. The van der Waals surface area contributed by atoms with Gasteiger partial charge in [-0.05, 0) is 40.8 Å². The molecule has 0 aliphatic rings. The van der Waals surface area contributed by atoms with Gasteiger partial charge in [0.25, 0.3) is 5.91 Å². The number of thiocarbonyl (C=S) groups is 1. The zero-order valence-electron chi connectivity index (χ0n) is 9.41. The molecule has 0 fully saturated rings. The minimum absolute atomic E-state index is 0.123. The van der Waals surface area contributed by atoms with Gasteiger partial charge in [0.15, 0.2) is 0 Å². The highest BCUT2D eigenvalue weighted by Crippen LogP contribution is 2.17. The number of rotatable bonds is 3. The van der Waals surface area contributed by atoms with Crippen LogP contribution in [-0.4, -0.2) is 21.1 Å². The van der Waals surface area contributed by atoms with Gasteiger partial charge in [-0.25, -0.2) is 4.39 Å². The van der Waals surface area contributed by atoms with E-state index in [4.69, 9.17) is 18.0 Å². The lowest BCUT2D eigenvalue weighted by Gasteiger charge is -2.06. The van der Waals surface area contributed by atoms with Gasteiger partial charge in [0, 0.05) is 3.57 Å². The first-order valence-electron chi connectivity index (χ1n) is 5.08. The van der Waals surface area contributed by atoms with Crippen molar-refractivity contribution in [2.75, 3.05) is 5.32 Å². The highest BCUT2D eigenvalue weighted by molar-refractivity contribution is 14.1. The minimum atomic E-state index is -0.397. The summed E-state index contributed by atoms with van der Waals surface area (Å²) in [5.74, 6) is -0.477. The standard InChI is InChI=1S/C11H8FIN4OS/c12-5-1-2-6(8(13)3-5)11(18)16-10-7(9(14)19)4-15-17-10/h1-4H,(H2,14,19)(H2,15,16,17,18). The summed E-state index contributed by atoms with van der Waals surface area (Å²) in [4.78, 5) is 12.2. The molecule has 1 amide bonds. The van der Waals surface area contributed by atoms with Gasteiger partial charge >= 0.3 is 0 Å². The molecular weight excluding hydrogens is 382 g/mol. The zero-order chi connectivity index (χ0) is 14.0. The summed E-state index contributed by atoms with van der Waals surface area (Å²) in [6.07, 6.45) is 1.42. The number of halogens is 2. The molecule has 0 bridgehead atoms. The van der Waals surface area contributed by atoms with Crippen molar-refractivity contribution in [2.24, 2.45) is 5.73 Å². The molecule has 8 heteroatoms. The van der Waals surface area contributed by atoms with E-state index in [1.54, 1.807) is 0 Å². The maximum atomic E-state index is 13.0. The van der Waals surface area contributed by atoms with E-state index in [-0.39, 0.29) is 4.99 Å². The van der Waals surface area contributed by atoms with Crippen LogP contribution in [0.1, 0.15) is 15.9 Å². The SMILES string of the molecule is NC(=S)c1cn[nH]c1NC(=O)c1ccc(F)cc1I. The van der Waals surface area contributed by atoms with Gasteiger partial charge in [0.2, 0.25) is 0 Å². The molecule has 1 aromatic carbocycles. The molecule has 0 saturated heterocycles. The van der Waals surface area contributed by atoms with Crippen LogP contribution in [0.5, 0.6) is 0 Å². The fraction of sp³-hybridized carbons (Fsp3) is 0. The number of amides is 1. The van der Waals surface area contributed by atoms with Crippen LogP contribution in [-0.2, 0) is 0 Å². The maximum absolute atomic E-state index is 13.0. The molecule has 5 nitrogen and oxygen atoms in total. The number of aromatic amines is 1. The van der Waals surface area contributed by atoms with Crippen LogP contribution in [0.15, 0.2) is 24.4 Å². The molecule has 0 radical (unpaired) electrons. The zero-order valence-corrected chi connectivity index (χ0v) is 12.4. The van der Waals surface area contributed by atoms with E-state index < -0.39 is 11.7 Å². The first-order chi connectivity index (χ1) is 8.99. The second-order valence-electron chi connectivity index (χ2n) is 3.60. The fourth-order valence-corrected chi connectivity index (χ4v) is 2.30. The number of nitrogens with two attached hydrogens (primary N) is 1. The predicted molar refractivity (Wildman–Crippen MR) is 81.5 cm³/mol. The quantitative estimate of drug-likeness (QED) is 0.554. The van der Waals surface area contributed by atoms with Crippen LogP contribution in [0.4, 0.5) is 10.2 Å². The molecule has 0 spiro atoms. The van der Waals surface area contributed by atoms with Gasteiger partial charge in [-0.1, -0.05) is 12.2 Å². The van der Waals surface area contributed by atoms with E-state index >= 15 is 0 Å². The number of nitrogens with zero attached hydrogens (tertiary/aromatic N) is 1. The number of nitrogens with one attached hydrogen (secondary N) is 2. The fourth-order valence-electron chi connectivity index (χ4n) is 1.42. The van der Waals surface area contributed by atoms with E-state index in [1.807, 2.05) is 22.6 Å². The minimum Gasteiger partial charge on any atom is -0.389 e. The molecule has 0 unspecified atom stereocenters. The van der Waals surface area contributed by atoms with E-state index in [1.165, 1.54) is 24.4 Å². The van der Waals surface area contributed by atoms with E-state index in [0.29, 0.717) is 20.5 Å². The van der Waals surface area contributed by atoms with Crippen LogP contribution >= 0.6 is 34.8 Å². The van der Waals surface area contributed by atoms with Crippen LogP contribution in [0.3, 0.4) is 0 Å². The van der Waals surface area contributed by atoms with Crippen molar-refractivity contribution in [1.82, 2.24) is 10.2 Å². The van der Waals surface area contributed by atoms with Gasteiger partial charge in [0.05, 0.1) is 17.3 Å². The van der Waals surface area contributed by atoms with Crippen molar-refractivity contribution in [1.29, 1.82) is 0 Å². The third kappa shape index (κ3) is 3.07. The topological polar surface area (TPSA) is 83.8 Å². The average molecular weight is 390 g/mol. The number of H-pyrrole nitrogens is 1. The Labute approximate surface area is 126 Å². The largest absolute Gasteiger partial charge is 0.389 e. The molecule has 4 N–H and O–H groups in total. The van der Waals surface area contributed by atoms with Crippen LogP contribution < -0.4 is 11.1 Å². The normalized spacial score (nSPS) is 10.2. The Morgan fingerprint density at radius 3 is 2.84 bits per heavy atom. The monoisotopic (exact) mass is 390 g/mol. The third-order valence-electron chi connectivity index (χ3n) is 2.32. The Morgan fingerprint density at radius 1 is 1.47 bits per heavy atom. The Bertz CT molecular complexity index is 658. The van der Waals surface area contributed by atoms with Gasteiger partial charge < -0.3 is 11.1 Å². The first-order valence-corrected chi connectivity index (χ1v) is 6.57. The number of benzene rings is 1. The van der Waals surface area contributed by atoms with Crippen molar-refractivity contribution >= 4 is 51.5 Å². The molecular formula is C11H8FIN4OS. The van der Waals surface area contributed by atoms with Crippen molar-refractivity contribution in [3.8, 4) is 0 Å². The van der Waals surface area contributed by atoms with E-state index in [0.717, 1.165) is 0 Å². The van der Waals surface area contributed by atoms with Crippen LogP contribution in [0.2, 0.25) is 0 Å². The second kappa shape index (κ2) is 5.61. The lowest BCUT2D eigenvalue weighted by atomic mass is 10.2. The van der Waals surface area contributed by atoms with Gasteiger partial charge in [-0.2, -0.15) is 5.10 Å². The summed E-state index contributed by atoms with van der Waals surface area (Å²) in [7, 11) is 0. The Hall–Kier alpha value is -1.55. The Morgan fingerprint density at radius 2 is 2.21 bits per heavy atom. The second-order valence-corrected chi connectivity index (χ2v) is 5.20. The Balaban J connectivity index is 2.26. The number of anilines is 1. The molecule has 0 atom stereocenters. The van der Waals surface area contributed by atoms with Crippen molar-refractivity contribution in [3.05, 3.63) is 44.9 Å². The number of hydrogen-bond acceptors (Lipinski definition) is 3. The molecule has 2 aromatic rings. The van der Waals surface area contributed by atoms with Crippen LogP contribution in [0, 0.1) is 9.39 Å². The molecule has 1 aromatic heterocycles. The number of carbonyl (C=O) groups excluding carboxylic acids is 1. The average Bonchev–Trinajstić information content (AvgIpc) is 2.76. The predicted octanol–water partition coefficient (Wildman–Crippen LogP) is 2.04. The van der Waals surface area contributed by atoms with Crippen molar-refractivity contribution < 1.29 is 9.18 Å². The molecule has 1 heterocycles. The van der Waals surface area contributed by atoms with Crippen molar-refractivity contribution in [3.63, 3.8) is 0 Å². The number of aromatic nitrogens is 2. The molecule has 0 aliphatic heterocycles. The summed E-state index contributed by atoms with van der Waals surface area (Å²) in [6, 6.07) is 3.90. The Kier molecular flexibility index (Phi) is 4.10. The van der Waals surface area contributed by atoms with E-state index in [9.17, 15) is 9.18 Å². The molecule has 0 aliphatic carbocycles. The lowest BCUT2D eigenvalue weighted by Crippen LogP contribution is -2.17. The van der Waals surface area contributed by atoms with Gasteiger partial charge in [-0.15, -0.1) is 0 Å². The van der Waals surface area contributed by atoms with Gasteiger partial charge in [0.1, 0.15) is 16.6 Å². The first kappa shape index (κ1) is 13.9. The molecule has 0 saturated carbocycles. The maximum Gasteiger partial charge on any atom is 0.257 e. The highest BCUT2D eigenvalue weighted by atomic mass is 127. The number of carbonyl (C=O) groups is 1. The summed E-state index contributed by atoms with van der Waals surface area (Å²) in [6.45, 7) is 0. The number of hydrogen-bond donors (Lipinski definition) is 3. The molecule has 98 valence electrons. The summed E-state index contributed by atoms with van der Waals surface area (Å²) < 4.78 is 13.5. The molecule has 2 rings (SSSR count). The van der Waals surface area contributed by atoms with Gasteiger partial charge in [-0.3, -0.25) is 9.89 Å². The summed E-state index contributed by atoms with van der Waals surface area (Å²) in [5, 5.41) is 8.95. The van der Waals surface area contributed by atoms with Crippen molar-refractivity contribution in [2.45, 2.75) is 0 Å². The van der Waals surface area contributed by atoms with E-state index in [2.05, 4.69) is 15.5 Å². The summed E-state index contributed by atoms with van der Waals surface area (Å²) >= 11 is 6.72. The van der Waals surface area contributed by atoms with Crippen LogP contribution in [0.25, 0.3) is 0 Å². The third-order valence-corrected chi connectivity index (χ3v) is 3.43. The smallest absolute Gasteiger partial charge is 0.257 e.